The third-order valence-electron chi connectivity index (χ3n) is 4.06. The first-order valence-corrected chi connectivity index (χ1v) is 6.96. The molecular formula is C15H20N2O2. The highest BCUT2D eigenvalue weighted by molar-refractivity contribution is 5.81. The second-order valence-electron chi connectivity index (χ2n) is 5.43. The van der Waals surface area contributed by atoms with Gasteiger partial charge in [-0.3, -0.25) is 4.79 Å². The molecule has 0 aromatic heterocycles. The second kappa shape index (κ2) is 5.31. The number of carbonyl (C=O) groups is 1. The molecule has 102 valence electrons. The van der Waals surface area contributed by atoms with E-state index >= 15 is 0 Å². The van der Waals surface area contributed by atoms with E-state index in [2.05, 4.69) is 34.9 Å². The number of rotatable bonds is 4. The summed E-state index contributed by atoms with van der Waals surface area (Å²) < 4.78 is 5.46. The predicted molar refractivity (Wildman–Crippen MR) is 73.0 cm³/mol. The van der Waals surface area contributed by atoms with Gasteiger partial charge in [0.15, 0.2) is 0 Å². The molecular weight excluding hydrogens is 240 g/mol. The SMILES string of the molecule is O=C(NCC1(c2ccccc2)CC1)C1CNCCO1. The van der Waals surface area contributed by atoms with Crippen molar-refractivity contribution in [3.63, 3.8) is 0 Å². The minimum Gasteiger partial charge on any atom is -0.366 e. The maximum atomic E-state index is 12.0. The van der Waals surface area contributed by atoms with Crippen LogP contribution in [0.2, 0.25) is 0 Å². The van der Waals surface area contributed by atoms with Crippen LogP contribution in [0.3, 0.4) is 0 Å². The van der Waals surface area contributed by atoms with E-state index < -0.39 is 0 Å². The fourth-order valence-electron chi connectivity index (χ4n) is 2.61. The highest BCUT2D eigenvalue weighted by Crippen LogP contribution is 2.47. The van der Waals surface area contributed by atoms with Crippen LogP contribution in [-0.2, 0) is 14.9 Å². The summed E-state index contributed by atoms with van der Waals surface area (Å²) in [6.07, 6.45) is 1.97. The normalized spacial score (nSPS) is 24.7. The van der Waals surface area contributed by atoms with Crippen LogP contribution in [0, 0.1) is 0 Å². The van der Waals surface area contributed by atoms with E-state index in [4.69, 9.17) is 4.74 Å². The van der Waals surface area contributed by atoms with Gasteiger partial charge in [-0.1, -0.05) is 30.3 Å². The van der Waals surface area contributed by atoms with Gasteiger partial charge in [0, 0.05) is 25.0 Å². The minimum absolute atomic E-state index is 0.00871. The molecule has 0 radical (unpaired) electrons. The smallest absolute Gasteiger partial charge is 0.250 e. The van der Waals surface area contributed by atoms with Crippen molar-refractivity contribution in [1.82, 2.24) is 10.6 Å². The third-order valence-corrected chi connectivity index (χ3v) is 4.06. The molecule has 1 heterocycles. The lowest BCUT2D eigenvalue weighted by Gasteiger charge is -2.24. The second-order valence-corrected chi connectivity index (χ2v) is 5.43. The van der Waals surface area contributed by atoms with Crippen LogP contribution in [0.1, 0.15) is 18.4 Å². The fourth-order valence-corrected chi connectivity index (χ4v) is 2.61. The van der Waals surface area contributed by atoms with Crippen LogP contribution in [0.25, 0.3) is 0 Å². The summed E-state index contributed by atoms with van der Waals surface area (Å²) in [5.41, 5.74) is 1.50. The van der Waals surface area contributed by atoms with Crippen LogP contribution >= 0.6 is 0 Å². The molecule has 1 aromatic carbocycles. The van der Waals surface area contributed by atoms with Gasteiger partial charge in [-0.15, -0.1) is 0 Å². The van der Waals surface area contributed by atoms with Crippen molar-refractivity contribution in [3.8, 4) is 0 Å². The monoisotopic (exact) mass is 260 g/mol. The first-order valence-electron chi connectivity index (χ1n) is 6.96. The largest absolute Gasteiger partial charge is 0.366 e. The van der Waals surface area contributed by atoms with Crippen molar-refractivity contribution in [2.45, 2.75) is 24.4 Å². The molecule has 2 N–H and O–H groups in total. The lowest BCUT2D eigenvalue weighted by atomic mass is 9.96. The number of hydrogen-bond donors (Lipinski definition) is 2. The highest BCUT2D eigenvalue weighted by Gasteiger charge is 2.44. The van der Waals surface area contributed by atoms with Crippen LogP contribution in [0.4, 0.5) is 0 Å². The van der Waals surface area contributed by atoms with E-state index in [0.717, 1.165) is 25.9 Å². The molecule has 1 aromatic rings. The number of hydrogen-bond acceptors (Lipinski definition) is 3. The van der Waals surface area contributed by atoms with Gasteiger partial charge in [0.25, 0.3) is 0 Å². The van der Waals surface area contributed by atoms with E-state index in [0.29, 0.717) is 13.2 Å². The number of benzene rings is 1. The Morgan fingerprint density at radius 1 is 1.37 bits per heavy atom. The molecule has 1 aliphatic heterocycles. The standard InChI is InChI=1S/C15H20N2O2/c18-14(13-10-16-8-9-19-13)17-11-15(6-7-15)12-4-2-1-3-5-12/h1-5,13,16H,6-11H2,(H,17,18). The Kier molecular flexibility index (Phi) is 3.53. The zero-order valence-electron chi connectivity index (χ0n) is 11.0. The third kappa shape index (κ3) is 2.80. The van der Waals surface area contributed by atoms with Crippen molar-refractivity contribution >= 4 is 5.91 Å². The molecule has 3 rings (SSSR count). The Hall–Kier alpha value is -1.39. The molecule has 4 nitrogen and oxygen atoms in total. The zero-order chi connectivity index (χ0) is 13.1. The van der Waals surface area contributed by atoms with Crippen molar-refractivity contribution in [3.05, 3.63) is 35.9 Å². The topological polar surface area (TPSA) is 50.4 Å². The van der Waals surface area contributed by atoms with Crippen molar-refractivity contribution in [2.24, 2.45) is 0 Å². The summed E-state index contributed by atoms with van der Waals surface area (Å²) in [5.74, 6) is 0.00871. The van der Waals surface area contributed by atoms with Gasteiger partial charge >= 0.3 is 0 Å². The van der Waals surface area contributed by atoms with Gasteiger partial charge in [0.2, 0.25) is 5.91 Å². The molecule has 1 aliphatic carbocycles. The lowest BCUT2D eigenvalue weighted by molar-refractivity contribution is -0.134. The summed E-state index contributed by atoms with van der Waals surface area (Å²) in [4.78, 5) is 12.0. The van der Waals surface area contributed by atoms with Crippen LogP contribution in [-0.4, -0.2) is 38.3 Å². The maximum Gasteiger partial charge on any atom is 0.250 e. The summed E-state index contributed by atoms with van der Waals surface area (Å²) in [5, 5.41) is 6.22. The molecule has 2 aliphatic rings. The average Bonchev–Trinajstić information content (AvgIpc) is 3.28. The summed E-state index contributed by atoms with van der Waals surface area (Å²) >= 11 is 0. The van der Waals surface area contributed by atoms with Gasteiger partial charge in [-0.25, -0.2) is 0 Å². The van der Waals surface area contributed by atoms with Crippen LogP contribution in [0.5, 0.6) is 0 Å². The first-order chi connectivity index (χ1) is 9.30. The van der Waals surface area contributed by atoms with Gasteiger partial charge in [0.1, 0.15) is 6.10 Å². The summed E-state index contributed by atoms with van der Waals surface area (Å²) in [6, 6.07) is 10.5. The van der Waals surface area contributed by atoms with E-state index in [1.165, 1.54) is 5.56 Å². The number of morpholine rings is 1. The van der Waals surface area contributed by atoms with Crippen molar-refractivity contribution < 1.29 is 9.53 Å². The van der Waals surface area contributed by atoms with Gasteiger partial charge in [-0.05, 0) is 18.4 Å². The minimum atomic E-state index is -0.333. The first kappa shape index (κ1) is 12.6. The number of carbonyl (C=O) groups excluding carboxylic acids is 1. The Morgan fingerprint density at radius 2 is 2.16 bits per heavy atom. The molecule has 19 heavy (non-hydrogen) atoms. The molecule has 1 amide bonds. The molecule has 1 atom stereocenters. The highest BCUT2D eigenvalue weighted by atomic mass is 16.5. The van der Waals surface area contributed by atoms with Crippen LogP contribution in [0.15, 0.2) is 30.3 Å². The van der Waals surface area contributed by atoms with E-state index in [1.54, 1.807) is 0 Å². The number of ether oxygens (including phenoxy) is 1. The van der Waals surface area contributed by atoms with Gasteiger partial charge in [0.05, 0.1) is 6.61 Å². The molecule has 2 fully saturated rings. The summed E-state index contributed by atoms with van der Waals surface area (Å²) in [6.45, 7) is 2.78. The quantitative estimate of drug-likeness (QED) is 0.843. The Labute approximate surface area is 113 Å². The van der Waals surface area contributed by atoms with Gasteiger partial charge in [-0.2, -0.15) is 0 Å². The molecule has 1 saturated carbocycles. The average molecular weight is 260 g/mol. The van der Waals surface area contributed by atoms with Crippen molar-refractivity contribution in [2.75, 3.05) is 26.2 Å². The van der Waals surface area contributed by atoms with E-state index in [-0.39, 0.29) is 17.4 Å². The fraction of sp³-hybridized carbons (Fsp3) is 0.533. The van der Waals surface area contributed by atoms with E-state index in [9.17, 15) is 4.79 Å². The zero-order valence-corrected chi connectivity index (χ0v) is 11.0. The van der Waals surface area contributed by atoms with Crippen molar-refractivity contribution in [1.29, 1.82) is 0 Å². The molecule has 4 heteroatoms. The molecule has 0 bridgehead atoms. The molecule has 1 saturated heterocycles. The van der Waals surface area contributed by atoms with E-state index in [1.807, 2.05) is 6.07 Å². The Balaban J connectivity index is 1.56. The Morgan fingerprint density at radius 3 is 2.79 bits per heavy atom. The van der Waals surface area contributed by atoms with Gasteiger partial charge < -0.3 is 15.4 Å². The maximum absolute atomic E-state index is 12.0. The Bertz CT molecular complexity index is 437. The predicted octanol–water partition coefficient (Wildman–Crippen LogP) is 0.823. The molecule has 1 unspecified atom stereocenters. The number of amides is 1. The lowest BCUT2D eigenvalue weighted by Crippen LogP contribution is -2.49. The van der Waals surface area contributed by atoms with Crippen LogP contribution < -0.4 is 10.6 Å². The number of nitrogens with one attached hydrogen (secondary N) is 2. The summed E-state index contributed by atoms with van der Waals surface area (Å²) in [7, 11) is 0. The molecule has 0 spiro atoms.